The number of hydrogen-bond acceptors (Lipinski definition) is 4. The molecule has 140 valence electrons. The van der Waals surface area contributed by atoms with E-state index in [0.29, 0.717) is 11.1 Å². The molecule has 8 heteroatoms. The fourth-order valence-corrected chi connectivity index (χ4v) is 3.38. The molecule has 0 heterocycles. The summed E-state index contributed by atoms with van der Waals surface area (Å²) in [4.78, 5) is 11.7. The second-order valence-electron chi connectivity index (χ2n) is 6.06. The number of nitrogens with two attached hydrogens (primary N) is 1. The number of halogens is 1. The maximum Gasteiger partial charge on any atom is 0.240 e. The van der Waals surface area contributed by atoms with E-state index in [1.807, 2.05) is 0 Å². The molecule has 2 rings (SSSR count). The fraction of sp³-hybridized carbons (Fsp3) is 0.278. The van der Waals surface area contributed by atoms with Gasteiger partial charge in [0.25, 0.3) is 0 Å². The maximum atomic E-state index is 13.2. The van der Waals surface area contributed by atoms with Crippen LogP contribution in [0.5, 0.6) is 0 Å². The summed E-state index contributed by atoms with van der Waals surface area (Å²) in [6.45, 7) is 1.92. The number of nitrogens with one attached hydrogen (secondary N) is 2. The molecule has 0 spiro atoms. The summed E-state index contributed by atoms with van der Waals surface area (Å²) in [6.07, 6.45) is 0.202. The number of amides is 1. The highest BCUT2D eigenvalue weighted by Gasteiger charge is 2.14. The molecule has 0 radical (unpaired) electrons. The largest absolute Gasteiger partial charge is 0.352 e. The number of carbonyl (C=O) groups excluding carboxylic acids is 1. The van der Waals surface area contributed by atoms with Gasteiger partial charge in [0.15, 0.2) is 0 Å². The van der Waals surface area contributed by atoms with Gasteiger partial charge < -0.3 is 11.1 Å². The highest BCUT2D eigenvalue weighted by atomic mass is 32.2. The molecule has 1 unspecified atom stereocenters. The third kappa shape index (κ3) is 6.21. The van der Waals surface area contributed by atoms with Crippen molar-refractivity contribution in [1.82, 2.24) is 10.0 Å². The number of rotatable bonds is 8. The predicted octanol–water partition coefficient (Wildman–Crippen LogP) is 1.66. The minimum Gasteiger partial charge on any atom is -0.352 e. The first-order valence-electron chi connectivity index (χ1n) is 8.11. The van der Waals surface area contributed by atoms with Crippen LogP contribution in [0.3, 0.4) is 0 Å². The van der Waals surface area contributed by atoms with Gasteiger partial charge >= 0.3 is 0 Å². The van der Waals surface area contributed by atoms with Gasteiger partial charge in [-0.05, 0) is 42.3 Å². The summed E-state index contributed by atoms with van der Waals surface area (Å²) in [5.74, 6) is -0.622. The molecule has 1 amide bonds. The van der Waals surface area contributed by atoms with E-state index in [0.717, 1.165) is 0 Å². The zero-order valence-corrected chi connectivity index (χ0v) is 15.2. The van der Waals surface area contributed by atoms with Crippen LogP contribution in [0.1, 0.15) is 24.5 Å². The van der Waals surface area contributed by atoms with Gasteiger partial charge in [-0.15, -0.1) is 0 Å². The molecule has 4 N–H and O–H groups in total. The van der Waals surface area contributed by atoms with E-state index in [4.69, 9.17) is 5.73 Å². The van der Waals surface area contributed by atoms with Gasteiger partial charge in [0.05, 0.1) is 4.90 Å². The average Bonchev–Trinajstić information content (AvgIpc) is 2.58. The minimum absolute atomic E-state index is 0.0184. The summed E-state index contributed by atoms with van der Waals surface area (Å²) in [7, 11) is -3.76. The third-order valence-electron chi connectivity index (χ3n) is 3.56. The summed E-state index contributed by atoms with van der Waals surface area (Å²) >= 11 is 0. The van der Waals surface area contributed by atoms with Crippen LogP contribution < -0.4 is 15.8 Å². The van der Waals surface area contributed by atoms with Crippen molar-refractivity contribution in [1.29, 1.82) is 0 Å². The lowest BCUT2D eigenvalue weighted by Crippen LogP contribution is -2.29. The monoisotopic (exact) mass is 379 g/mol. The van der Waals surface area contributed by atoms with Crippen LogP contribution >= 0.6 is 0 Å². The van der Waals surface area contributed by atoms with Crippen molar-refractivity contribution in [3.8, 4) is 0 Å². The van der Waals surface area contributed by atoms with Gasteiger partial charge in [-0.1, -0.05) is 24.3 Å². The molecule has 0 fully saturated rings. The predicted molar refractivity (Wildman–Crippen MR) is 97.0 cm³/mol. The van der Waals surface area contributed by atoms with Crippen LogP contribution in [0.15, 0.2) is 53.4 Å². The lowest BCUT2D eigenvalue weighted by molar-refractivity contribution is -0.121. The van der Waals surface area contributed by atoms with Crippen molar-refractivity contribution in [2.45, 2.75) is 37.4 Å². The van der Waals surface area contributed by atoms with Crippen molar-refractivity contribution >= 4 is 15.9 Å². The fourth-order valence-electron chi connectivity index (χ4n) is 2.30. The Morgan fingerprint density at radius 1 is 1.12 bits per heavy atom. The molecule has 0 saturated heterocycles. The molecule has 0 aliphatic rings. The van der Waals surface area contributed by atoms with Gasteiger partial charge in [-0.3, -0.25) is 4.79 Å². The summed E-state index contributed by atoms with van der Waals surface area (Å²) in [6, 6.07) is 11.7. The Balaban J connectivity index is 2.01. The van der Waals surface area contributed by atoms with E-state index in [1.165, 1.54) is 30.3 Å². The van der Waals surface area contributed by atoms with E-state index in [-0.39, 0.29) is 36.4 Å². The SMILES string of the molecule is CC(N)CC(=O)NCc1cccc(S(=O)(=O)NCc2cccc(F)c2)c1. The normalized spacial score (nSPS) is 12.6. The van der Waals surface area contributed by atoms with Crippen molar-refractivity contribution in [3.05, 3.63) is 65.5 Å². The average molecular weight is 379 g/mol. The number of carbonyl (C=O) groups is 1. The second-order valence-corrected chi connectivity index (χ2v) is 7.83. The topological polar surface area (TPSA) is 101 Å². The standard InChI is InChI=1S/C18H22FN3O3S/c1-13(20)8-18(23)21-11-15-5-3-7-17(10-15)26(24,25)22-12-14-4-2-6-16(19)9-14/h2-7,9-10,13,22H,8,11-12,20H2,1H3,(H,21,23). The van der Waals surface area contributed by atoms with Crippen molar-refractivity contribution < 1.29 is 17.6 Å². The number of benzene rings is 2. The lowest BCUT2D eigenvalue weighted by atomic mass is 10.2. The summed E-state index contributed by atoms with van der Waals surface area (Å²) < 4.78 is 40.4. The lowest BCUT2D eigenvalue weighted by Gasteiger charge is -2.10. The molecule has 26 heavy (non-hydrogen) atoms. The van der Waals surface area contributed by atoms with E-state index < -0.39 is 15.8 Å². The van der Waals surface area contributed by atoms with Crippen molar-refractivity contribution in [2.75, 3.05) is 0 Å². The van der Waals surface area contributed by atoms with Crippen LogP contribution in [0.2, 0.25) is 0 Å². The molecule has 0 bridgehead atoms. The highest BCUT2D eigenvalue weighted by Crippen LogP contribution is 2.13. The van der Waals surface area contributed by atoms with E-state index >= 15 is 0 Å². The molecular weight excluding hydrogens is 357 g/mol. The first kappa shape index (κ1) is 20.0. The second kappa shape index (κ2) is 8.88. The molecule has 0 saturated carbocycles. The molecule has 0 aliphatic heterocycles. The Bertz CT molecular complexity index is 869. The van der Waals surface area contributed by atoms with E-state index in [2.05, 4.69) is 10.0 Å². The molecular formula is C18H22FN3O3S. The van der Waals surface area contributed by atoms with Gasteiger partial charge in [-0.2, -0.15) is 0 Å². The first-order valence-corrected chi connectivity index (χ1v) is 9.60. The van der Waals surface area contributed by atoms with Crippen LogP contribution in [-0.2, 0) is 27.9 Å². The van der Waals surface area contributed by atoms with Crippen molar-refractivity contribution in [2.24, 2.45) is 5.73 Å². The van der Waals surface area contributed by atoms with Crippen LogP contribution in [0.25, 0.3) is 0 Å². The quantitative estimate of drug-likeness (QED) is 0.649. The Kier molecular flexibility index (Phi) is 6.84. The number of sulfonamides is 1. The maximum absolute atomic E-state index is 13.2. The molecule has 0 aliphatic carbocycles. The minimum atomic E-state index is -3.76. The smallest absolute Gasteiger partial charge is 0.240 e. The molecule has 6 nitrogen and oxygen atoms in total. The van der Waals surface area contributed by atoms with Gasteiger partial charge in [-0.25, -0.2) is 17.5 Å². The van der Waals surface area contributed by atoms with E-state index in [1.54, 1.807) is 25.1 Å². The first-order chi connectivity index (χ1) is 12.3. The zero-order valence-electron chi connectivity index (χ0n) is 14.4. The summed E-state index contributed by atoms with van der Waals surface area (Å²) in [5, 5.41) is 2.70. The third-order valence-corrected chi connectivity index (χ3v) is 4.96. The van der Waals surface area contributed by atoms with Gasteiger partial charge in [0.2, 0.25) is 15.9 Å². The zero-order chi connectivity index (χ0) is 19.2. The highest BCUT2D eigenvalue weighted by molar-refractivity contribution is 7.89. The number of hydrogen-bond donors (Lipinski definition) is 3. The van der Waals surface area contributed by atoms with Crippen LogP contribution in [0, 0.1) is 5.82 Å². The Hall–Kier alpha value is -2.29. The molecule has 2 aromatic carbocycles. The van der Waals surface area contributed by atoms with Crippen LogP contribution in [-0.4, -0.2) is 20.4 Å². The van der Waals surface area contributed by atoms with Gasteiger partial charge in [0, 0.05) is 25.6 Å². The summed E-state index contributed by atoms with van der Waals surface area (Å²) in [5.41, 5.74) is 6.73. The van der Waals surface area contributed by atoms with E-state index in [9.17, 15) is 17.6 Å². The Morgan fingerprint density at radius 2 is 1.77 bits per heavy atom. The Labute approximate surface area is 152 Å². The Morgan fingerprint density at radius 3 is 2.42 bits per heavy atom. The molecule has 2 aromatic rings. The van der Waals surface area contributed by atoms with Gasteiger partial charge in [0.1, 0.15) is 5.82 Å². The molecule has 1 atom stereocenters. The molecule has 0 aromatic heterocycles. The van der Waals surface area contributed by atoms with Crippen LogP contribution in [0.4, 0.5) is 4.39 Å². The van der Waals surface area contributed by atoms with Crippen molar-refractivity contribution in [3.63, 3.8) is 0 Å².